The molecule has 7 heteroatoms. The van der Waals surface area contributed by atoms with Crippen molar-refractivity contribution in [2.45, 2.75) is 13.3 Å². The highest BCUT2D eigenvalue weighted by Gasteiger charge is 2.07. The SMILES string of the molecule is CCCOC(=O)c1ccc(NCC(=O)Nc2cccc(OCCOc3ccccc3)c2)cc1. The van der Waals surface area contributed by atoms with Crippen molar-refractivity contribution in [1.29, 1.82) is 0 Å². The van der Waals surface area contributed by atoms with E-state index in [2.05, 4.69) is 10.6 Å². The normalized spacial score (nSPS) is 10.2. The molecule has 0 aliphatic rings. The lowest BCUT2D eigenvalue weighted by Gasteiger charge is -2.11. The molecule has 33 heavy (non-hydrogen) atoms. The van der Waals surface area contributed by atoms with Gasteiger partial charge in [-0.05, 0) is 55.0 Å². The van der Waals surface area contributed by atoms with Crippen LogP contribution in [0.1, 0.15) is 23.7 Å². The topological polar surface area (TPSA) is 85.9 Å². The van der Waals surface area contributed by atoms with E-state index in [1.807, 2.05) is 49.4 Å². The molecule has 7 nitrogen and oxygen atoms in total. The third kappa shape index (κ3) is 8.22. The van der Waals surface area contributed by atoms with E-state index in [1.165, 1.54) is 0 Å². The maximum Gasteiger partial charge on any atom is 0.338 e. The van der Waals surface area contributed by atoms with Crippen LogP contribution in [-0.2, 0) is 9.53 Å². The molecule has 0 saturated carbocycles. The number of anilines is 2. The van der Waals surface area contributed by atoms with Gasteiger partial charge in [0.2, 0.25) is 5.91 Å². The lowest BCUT2D eigenvalue weighted by molar-refractivity contribution is -0.114. The summed E-state index contributed by atoms with van der Waals surface area (Å²) in [6.45, 7) is 3.22. The first-order chi connectivity index (χ1) is 16.1. The summed E-state index contributed by atoms with van der Waals surface area (Å²) < 4.78 is 16.4. The zero-order valence-corrected chi connectivity index (χ0v) is 18.6. The fourth-order valence-electron chi connectivity index (χ4n) is 2.89. The minimum absolute atomic E-state index is 0.0790. The molecule has 0 aromatic heterocycles. The number of ether oxygens (including phenoxy) is 3. The molecule has 1 amide bonds. The van der Waals surface area contributed by atoms with Crippen LogP contribution in [0, 0.1) is 0 Å². The Morgan fingerprint density at radius 2 is 1.45 bits per heavy atom. The molecule has 0 fully saturated rings. The number of para-hydroxylation sites is 1. The van der Waals surface area contributed by atoms with Gasteiger partial charge >= 0.3 is 5.97 Å². The number of esters is 1. The Bertz CT molecular complexity index is 1020. The number of carbonyl (C=O) groups excluding carboxylic acids is 2. The Hall–Kier alpha value is -4.00. The van der Waals surface area contributed by atoms with Gasteiger partial charge in [-0.25, -0.2) is 4.79 Å². The third-order valence-electron chi connectivity index (χ3n) is 4.49. The number of amides is 1. The Kier molecular flexibility index (Phi) is 9.15. The summed E-state index contributed by atoms with van der Waals surface area (Å²) in [5.41, 5.74) is 1.84. The maximum atomic E-state index is 12.3. The molecule has 3 rings (SSSR count). The molecule has 0 aliphatic carbocycles. The quantitative estimate of drug-likeness (QED) is 0.307. The summed E-state index contributed by atoms with van der Waals surface area (Å²) in [5, 5.41) is 5.87. The zero-order valence-electron chi connectivity index (χ0n) is 18.6. The zero-order chi connectivity index (χ0) is 23.3. The van der Waals surface area contributed by atoms with Gasteiger partial charge < -0.3 is 24.8 Å². The van der Waals surface area contributed by atoms with Gasteiger partial charge in [-0.1, -0.05) is 31.2 Å². The van der Waals surface area contributed by atoms with Crippen LogP contribution in [0.4, 0.5) is 11.4 Å². The molecule has 0 aliphatic heterocycles. The minimum atomic E-state index is -0.352. The number of rotatable bonds is 12. The number of nitrogens with one attached hydrogen (secondary N) is 2. The van der Waals surface area contributed by atoms with Crippen molar-refractivity contribution in [1.82, 2.24) is 0 Å². The van der Waals surface area contributed by atoms with E-state index in [1.54, 1.807) is 36.4 Å². The summed E-state index contributed by atoms with van der Waals surface area (Å²) in [6, 6.07) is 23.5. The Morgan fingerprint density at radius 3 is 2.18 bits per heavy atom. The molecule has 0 atom stereocenters. The molecule has 172 valence electrons. The highest BCUT2D eigenvalue weighted by atomic mass is 16.5. The van der Waals surface area contributed by atoms with Crippen LogP contribution in [0.15, 0.2) is 78.9 Å². The van der Waals surface area contributed by atoms with Gasteiger partial charge in [0.1, 0.15) is 24.7 Å². The van der Waals surface area contributed by atoms with E-state index in [9.17, 15) is 9.59 Å². The fraction of sp³-hybridized carbons (Fsp3) is 0.231. The third-order valence-corrected chi connectivity index (χ3v) is 4.49. The van der Waals surface area contributed by atoms with Crippen molar-refractivity contribution < 1.29 is 23.8 Å². The second-order valence-corrected chi connectivity index (χ2v) is 7.15. The number of hydrogen-bond donors (Lipinski definition) is 2. The predicted octanol–water partition coefficient (Wildman–Crippen LogP) is 4.76. The molecular formula is C26H28N2O5. The Morgan fingerprint density at radius 1 is 0.758 bits per heavy atom. The van der Waals surface area contributed by atoms with Crippen LogP contribution in [0.3, 0.4) is 0 Å². The van der Waals surface area contributed by atoms with Gasteiger partial charge in [-0.2, -0.15) is 0 Å². The molecule has 3 aromatic rings. The van der Waals surface area contributed by atoms with Crippen LogP contribution in [0.25, 0.3) is 0 Å². The van der Waals surface area contributed by atoms with Gasteiger partial charge in [0.05, 0.1) is 18.7 Å². The first kappa shape index (κ1) is 23.7. The number of carbonyl (C=O) groups is 2. The fourth-order valence-corrected chi connectivity index (χ4v) is 2.89. The van der Waals surface area contributed by atoms with Gasteiger partial charge in [0.15, 0.2) is 0 Å². The standard InChI is InChI=1S/C26H28N2O5/c1-2-15-33-26(30)20-11-13-21(14-12-20)27-19-25(29)28-22-7-6-10-24(18-22)32-17-16-31-23-8-4-3-5-9-23/h3-14,18,27H,2,15-17,19H2,1H3,(H,28,29). The summed E-state index contributed by atoms with van der Waals surface area (Å²) in [6.07, 6.45) is 0.776. The van der Waals surface area contributed by atoms with Crippen molar-refractivity contribution in [2.24, 2.45) is 0 Å². The molecule has 0 bridgehead atoms. The lowest BCUT2D eigenvalue weighted by Crippen LogP contribution is -2.21. The molecule has 2 N–H and O–H groups in total. The largest absolute Gasteiger partial charge is 0.490 e. The molecule has 0 radical (unpaired) electrons. The summed E-state index contributed by atoms with van der Waals surface area (Å²) in [4.78, 5) is 24.1. The molecule has 0 unspecified atom stereocenters. The van der Waals surface area contributed by atoms with E-state index < -0.39 is 0 Å². The summed E-state index contributed by atoms with van der Waals surface area (Å²) >= 11 is 0. The molecule has 0 spiro atoms. The average molecular weight is 449 g/mol. The van der Waals surface area contributed by atoms with Crippen LogP contribution in [0.2, 0.25) is 0 Å². The van der Waals surface area contributed by atoms with E-state index in [4.69, 9.17) is 14.2 Å². The number of benzene rings is 3. The van der Waals surface area contributed by atoms with E-state index >= 15 is 0 Å². The highest BCUT2D eigenvalue weighted by Crippen LogP contribution is 2.18. The number of hydrogen-bond acceptors (Lipinski definition) is 6. The van der Waals surface area contributed by atoms with Gasteiger partial charge in [-0.3, -0.25) is 4.79 Å². The Balaban J connectivity index is 1.40. The second-order valence-electron chi connectivity index (χ2n) is 7.15. The first-order valence-electron chi connectivity index (χ1n) is 10.9. The van der Waals surface area contributed by atoms with Crippen LogP contribution >= 0.6 is 0 Å². The maximum absolute atomic E-state index is 12.3. The Labute approximate surface area is 193 Å². The molecule has 0 saturated heterocycles. The average Bonchev–Trinajstić information content (AvgIpc) is 2.85. The van der Waals surface area contributed by atoms with E-state index in [0.29, 0.717) is 36.8 Å². The minimum Gasteiger partial charge on any atom is -0.490 e. The van der Waals surface area contributed by atoms with Crippen molar-refractivity contribution in [3.05, 3.63) is 84.4 Å². The van der Waals surface area contributed by atoms with Crippen LogP contribution in [-0.4, -0.2) is 38.2 Å². The lowest BCUT2D eigenvalue weighted by atomic mass is 10.2. The molecular weight excluding hydrogens is 420 g/mol. The van der Waals surface area contributed by atoms with Crippen molar-refractivity contribution in [3.8, 4) is 11.5 Å². The van der Waals surface area contributed by atoms with Crippen LogP contribution < -0.4 is 20.1 Å². The van der Waals surface area contributed by atoms with Gasteiger partial charge in [-0.15, -0.1) is 0 Å². The summed E-state index contributed by atoms with van der Waals surface area (Å²) in [5.74, 6) is 0.879. The monoisotopic (exact) mass is 448 g/mol. The smallest absolute Gasteiger partial charge is 0.338 e. The summed E-state index contributed by atoms with van der Waals surface area (Å²) in [7, 11) is 0. The van der Waals surface area contributed by atoms with Crippen molar-refractivity contribution in [3.63, 3.8) is 0 Å². The van der Waals surface area contributed by atoms with E-state index in [0.717, 1.165) is 17.9 Å². The molecule has 0 heterocycles. The molecule has 3 aromatic carbocycles. The predicted molar refractivity (Wildman–Crippen MR) is 128 cm³/mol. The van der Waals surface area contributed by atoms with Crippen molar-refractivity contribution >= 4 is 23.3 Å². The van der Waals surface area contributed by atoms with Gasteiger partial charge in [0.25, 0.3) is 0 Å². The van der Waals surface area contributed by atoms with Crippen molar-refractivity contribution in [2.75, 3.05) is 37.0 Å². The van der Waals surface area contributed by atoms with Gasteiger partial charge in [0, 0.05) is 17.4 Å². The van der Waals surface area contributed by atoms with E-state index in [-0.39, 0.29) is 18.4 Å². The highest BCUT2D eigenvalue weighted by molar-refractivity contribution is 5.94. The first-order valence-corrected chi connectivity index (χ1v) is 10.9. The van der Waals surface area contributed by atoms with Crippen LogP contribution in [0.5, 0.6) is 11.5 Å². The second kappa shape index (κ2) is 12.8.